The van der Waals surface area contributed by atoms with Gasteiger partial charge < -0.3 is 33.3 Å². The van der Waals surface area contributed by atoms with Gasteiger partial charge in [-0.2, -0.15) is 4.98 Å². The van der Waals surface area contributed by atoms with Gasteiger partial charge in [-0.1, -0.05) is 98.8 Å². The Bertz CT molecular complexity index is 2190. The molecule has 5 aromatic rings. The van der Waals surface area contributed by atoms with Gasteiger partial charge in [0, 0.05) is 25.1 Å². The number of hydrogen-bond acceptors (Lipinski definition) is 10. The van der Waals surface area contributed by atoms with Crippen LogP contribution in [0.15, 0.2) is 126 Å². The van der Waals surface area contributed by atoms with Crippen molar-refractivity contribution in [3.63, 3.8) is 0 Å². The standard InChI is InChI=1S/C45H49N4O8P/c1-30(2)42(50)46-40-25-26-48(43(51)47-40)41-28-37(56-58-49-27-24-39(49)44(3,57-58)31-12-8-6-9-13-31)38(55-41)29-54-45(32-14-10-7-11-15-32,33-16-20-35(52-4)21-17-33)34-18-22-36(53-5)23-19-34/h6-23,25-26,30,37-39,41H,24,27-29H2,1-5H3,(H,46,47,50,51)/t37-,38+,39-,41+,44-,58?/m0/s1. The zero-order chi connectivity index (χ0) is 40.4. The van der Waals surface area contributed by atoms with Gasteiger partial charge in [-0.05, 0) is 65.9 Å². The lowest BCUT2D eigenvalue weighted by atomic mass is 9.80. The van der Waals surface area contributed by atoms with E-state index < -0.39 is 43.9 Å². The second kappa shape index (κ2) is 16.7. The monoisotopic (exact) mass is 804 g/mol. The number of nitrogens with zero attached hydrogens (tertiary/aromatic N) is 3. The third-order valence-corrected chi connectivity index (χ3v) is 13.3. The fraction of sp³-hybridized carbons (Fsp3) is 0.356. The molecule has 58 heavy (non-hydrogen) atoms. The highest BCUT2D eigenvalue weighted by atomic mass is 31.2. The van der Waals surface area contributed by atoms with E-state index in [1.165, 1.54) is 4.57 Å². The minimum absolute atomic E-state index is 0.0847. The van der Waals surface area contributed by atoms with Gasteiger partial charge in [0.25, 0.3) is 8.53 Å². The largest absolute Gasteiger partial charge is 0.497 e. The molecule has 3 aliphatic heterocycles. The number of methoxy groups -OCH3 is 2. The van der Waals surface area contributed by atoms with Crippen LogP contribution in [0.3, 0.4) is 0 Å². The maximum atomic E-state index is 13.6. The van der Waals surface area contributed by atoms with Crippen LogP contribution >= 0.6 is 8.53 Å². The van der Waals surface area contributed by atoms with Crippen molar-refractivity contribution in [3.05, 3.63) is 154 Å². The Kier molecular flexibility index (Phi) is 11.5. The van der Waals surface area contributed by atoms with E-state index in [4.69, 9.17) is 28.0 Å². The van der Waals surface area contributed by atoms with Crippen molar-refractivity contribution in [3.8, 4) is 11.5 Å². The number of benzene rings is 4. The van der Waals surface area contributed by atoms with Crippen molar-refractivity contribution in [2.24, 2.45) is 5.92 Å². The molecule has 1 N–H and O–H groups in total. The van der Waals surface area contributed by atoms with Crippen molar-refractivity contribution in [2.75, 3.05) is 32.7 Å². The number of anilines is 1. The van der Waals surface area contributed by atoms with Gasteiger partial charge in [0.2, 0.25) is 5.91 Å². The summed E-state index contributed by atoms with van der Waals surface area (Å²) in [5.41, 5.74) is 1.56. The van der Waals surface area contributed by atoms with Gasteiger partial charge in [-0.25, -0.2) is 9.46 Å². The summed E-state index contributed by atoms with van der Waals surface area (Å²) in [6.07, 6.45) is 1.04. The van der Waals surface area contributed by atoms with Crippen LogP contribution in [-0.2, 0) is 34.5 Å². The molecule has 0 aliphatic carbocycles. The Morgan fingerprint density at radius 1 is 0.897 bits per heavy atom. The second-order valence-electron chi connectivity index (χ2n) is 15.2. The Hall–Kier alpha value is -4.94. The average Bonchev–Trinajstić information content (AvgIpc) is 3.71. The summed E-state index contributed by atoms with van der Waals surface area (Å²) in [5.74, 6) is 1.12. The second-order valence-corrected chi connectivity index (χ2v) is 16.6. The molecule has 8 rings (SSSR count). The molecule has 3 fully saturated rings. The van der Waals surface area contributed by atoms with Gasteiger partial charge in [0.05, 0.1) is 33.0 Å². The minimum atomic E-state index is -1.49. The predicted octanol–water partition coefficient (Wildman–Crippen LogP) is 7.78. The van der Waals surface area contributed by atoms with Crippen molar-refractivity contribution in [2.45, 2.75) is 69.3 Å². The summed E-state index contributed by atoms with van der Waals surface area (Å²) >= 11 is 0. The van der Waals surface area contributed by atoms with Crippen LogP contribution in [0.5, 0.6) is 11.5 Å². The number of amides is 1. The number of carbonyl (C=O) groups is 1. The molecule has 0 radical (unpaired) electrons. The van der Waals surface area contributed by atoms with Crippen LogP contribution in [0.25, 0.3) is 0 Å². The first-order valence-electron chi connectivity index (χ1n) is 19.6. The molecule has 302 valence electrons. The maximum absolute atomic E-state index is 13.6. The number of hydrogen-bond donors (Lipinski definition) is 1. The lowest BCUT2D eigenvalue weighted by Gasteiger charge is -2.40. The van der Waals surface area contributed by atoms with E-state index in [0.717, 1.165) is 46.7 Å². The molecule has 1 unspecified atom stereocenters. The van der Waals surface area contributed by atoms with Gasteiger partial charge >= 0.3 is 5.69 Å². The molecule has 13 heteroatoms. The molecule has 0 saturated carbocycles. The first-order valence-corrected chi connectivity index (χ1v) is 20.8. The van der Waals surface area contributed by atoms with Crippen molar-refractivity contribution in [1.82, 2.24) is 14.2 Å². The highest BCUT2D eigenvalue weighted by Crippen LogP contribution is 2.65. The highest BCUT2D eigenvalue weighted by molar-refractivity contribution is 7.45. The zero-order valence-electron chi connectivity index (χ0n) is 33.3. The molecule has 1 amide bonds. The molecule has 0 bridgehead atoms. The first kappa shape index (κ1) is 39.9. The Morgan fingerprint density at radius 3 is 2.05 bits per heavy atom. The number of aromatic nitrogens is 2. The summed E-state index contributed by atoms with van der Waals surface area (Å²) < 4.78 is 42.8. The lowest BCUT2D eigenvalue weighted by Crippen LogP contribution is -2.50. The highest BCUT2D eigenvalue weighted by Gasteiger charge is 2.58. The quantitative estimate of drug-likeness (QED) is 0.0880. The average molecular weight is 805 g/mol. The van der Waals surface area contributed by atoms with Crippen LogP contribution < -0.4 is 20.5 Å². The van der Waals surface area contributed by atoms with Crippen molar-refractivity contribution < 1.29 is 32.8 Å². The summed E-state index contributed by atoms with van der Waals surface area (Å²) in [4.78, 5) is 30.1. The molecule has 4 aromatic carbocycles. The van der Waals surface area contributed by atoms with Crippen LogP contribution in [-0.4, -0.2) is 65.7 Å². The van der Waals surface area contributed by atoms with Gasteiger partial charge in [0.15, 0.2) is 0 Å². The summed E-state index contributed by atoms with van der Waals surface area (Å²) in [5, 5.41) is 2.72. The third kappa shape index (κ3) is 7.56. The molecule has 3 aliphatic rings. The van der Waals surface area contributed by atoms with Crippen molar-refractivity contribution >= 4 is 20.3 Å². The number of nitrogens with one attached hydrogen (secondary N) is 1. The maximum Gasteiger partial charge on any atom is 0.351 e. The van der Waals surface area contributed by atoms with E-state index in [1.807, 2.05) is 84.9 Å². The predicted molar refractivity (Wildman–Crippen MR) is 221 cm³/mol. The van der Waals surface area contributed by atoms with Crippen LogP contribution in [0.2, 0.25) is 0 Å². The fourth-order valence-corrected chi connectivity index (χ4v) is 10.1. The minimum Gasteiger partial charge on any atom is -0.497 e. The van der Waals surface area contributed by atoms with Gasteiger partial charge in [-0.15, -0.1) is 0 Å². The van der Waals surface area contributed by atoms with E-state index in [-0.39, 0.29) is 30.3 Å². The van der Waals surface area contributed by atoms with Crippen LogP contribution in [0, 0.1) is 5.92 Å². The molecular weight excluding hydrogens is 755 g/mol. The molecule has 1 aromatic heterocycles. The van der Waals surface area contributed by atoms with E-state index in [2.05, 4.69) is 46.2 Å². The smallest absolute Gasteiger partial charge is 0.351 e. The molecule has 6 atom stereocenters. The van der Waals surface area contributed by atoms with Crippen LogP contribution in [0.4, 0.5) is 5.82 Å². The summed E-state index contributed by atoms with van der Waals surface area (Å²) in [6, 6.07) is 37.9. The van der Waals surface area contributed by atoms with E-state index in [0.29, 0.717) is 6.42 Å². The fourth-order valence-electron chi connectivity index (χ4n) is 8.00. The number of ether oxygens (including phenoxy) is 4. The topological polar surface area (TPSA) is 123 Å². The number of rotatable bonds is 14. The lowest BCUT2D eigenvalue weighted by molar-refractivity contribution is -0.118. The van der Waals surface area contributed by atoms with E-state index in [1.54, 1.807) is 40.3 Å². The number of carbonyl (C=O) groups excluding carboxylic acids is 1. The summed E-state index contributed by atoms with van der Waals surface area (Å²) in [7, 11) is 1.80. The Labute approximate surface area is 340 Å². The molecular formula is C45H49N4O8P. The molecule has 0 spiro atoms. The Morgan fingerprint density at radius 2 is 1.50 bits per heavy atom. The normalized spacial score (nSPS) is 24.3. The number of fused-ring (bicyclic) bond motifs is 1. The Balaban J connectivity index is 1.15. The summed E-state index contributed by atoms with van der Waals surface area (Å²) in [6.45, 7) is 6.64. The molecule has 4 heterocycles. The van der Waals surface area contributed by atoms with E-state index in [9.17, 15) is 9.59 Å². The van der Waals surface area contributed by atoms with Gasteiger partial charge in [0.1, 0.15) is 40.9 Å². The van der Waals surface area contributed by atoms with Crippen molar-refractivity contribution in [1.29, 1.82) is 0 Å². The van der Waals surface area contributed by atoms with E-state index >= 15 is 0 Å². The van der Waals surface area contributed by atoms with Gasteiger partial charge in [-0.3, -0.25) is 9.36 Å². The zero-order valence-corrected chi connectivity index (χ0v) is 34.2. The SMILES string of the molecule is COc1ccc(C(OC[C@H]2O[C@@H](n3ccc(NC(=O)C(C)C)nc3=O)C[C@@H]2OP2O[C@@](C)(c3ccccc3)[C@@H]3CCN32)(c2ccccc2)c2ccc(OC)cc2)cc1. The third-order valence-electron chi connectivity index (χ3n) is 11.4. The molecule has 3 saturated heterocycles. The molecule has 12 nitrogen and oxygen atoms in total. The van der Waals surface area contributed by atoms with Crippen LogP contribution in [0.1, 0.15) is 62.1 Å². The first-order chi connectivity index (χ1) is 28.1.